The zero-order valence-electron chi connectivity index (χ0n) is 7.17. The van der Waals surface area contributed by atoms with E-state index in [2.05, 4.69) is 25.9 Å². The van der Waals surface area contributed by atoms with Crippen molar-refractivity contribution >= 4 is 15.9 Å². The molecule has 13 heavy (non-hydrogen) atoms. The summed E-state index contributed by atoms with van der Waals surface area (Å²) < 4.78 is 4.95. The lowest BCUT2D eigenvalue weighted by Crippen LogP contribution is -2.14. The number of aromatic amines is 1. The summed E-state index contributed by atoms with van der Waals surface area (Å²) in [4.78, 5) is 17.3. The van der Waals surface area contributed by atoms with Gasteiger partial charge in [0, 0.05) is 7.11 Å². The van der Waals surface area contributed by atoms with E-state index in [1.165, 1.54) is 7.11 Å². The SMILES string of the molecule is COC(C)c1nc(O)c(Br)c(=O)[nH]1. The molecule has 1 aromatic heterocycles. The summed E-state index contributed by atoms with van der Waals surface area (Å²) in [6.07, 6.45) is -0.355. The lowest BCUT2D eigenvalue weighted by atomic mass is 10.4. The Balaban J connectivity index is 3.21. The lowest BCUT2D eigenvalue weighted by molar-refractivity contribution is 0.111. The van der Waals surface area contributed by atoms with E-state index in [0.29, 0.717) is 5.82 Å². The molecule has 1 atom stereocenters. The molecule has 0 radical (unpaired) electrons. The predicted octanol–water partition coefficient (Wildman–Crippen LogP) is 0.945. The molecule has 1 rings (SSSR count). The smallest absolute Gasteiger partial charge is 0.269 e. The van der Waals surface area contributed by atoms with Crippen LogP contribution in [0.25, 0.3) is 0 Å². The lowest BCUT2D eigenvalue weighted by Gasteiger charge is -2.08. The molecule has 1 aromatic rings. The summed E-state index contributed by atoms with van der Waals surface area (Å²) in [6, 6.07) is 0. The topological polar surface area (TPSA) is 75.2 Å². The van der Waals surface area contributed by atoms with Crippen molar-refractivity contribution in [3.63, 3.8) is 0 Å². The molecule has 0 aliphatic rings. The second-order valence-electron chi connectivity index (χ2n) is 2.47. The Labute approximate surface area is 82.9 Å². The predicted molar refractivity (Wildman–Crippen MR) is 49.6 cm³/mol. The molecule has 0 spiro atoms. The minimum Gasteiger partial charge on any atom is -0.492 e. The number of aromatic nitrogens is 2. The molecule has 0 aliphatic carbocycles. The number of methoxy groups -OCH3 is 1. The molecular weight excluding hydrogens is 240 g/mol. The number of H-pyrrole nitrogens is 1. The minimum absolute atomic E-state index is 0.0274. The van der Waals surface area contributed by atoms with E-state index in [4.69, 9.17) is 4.74 Å². The molecule has 0 saturated carbocycles. The molecule has 0 aromatic carbocycles. The van der Waals surface area contributed by atoms with Crippen LogP contribution in [0.15, 0.2) is 9.27 Å². The highest BCUT2D eigenvalue weighted by Crippen LogP contribution is 2.18. The Morgan fingerprint density at radius 3 is 2.77 bits per heavy atom. The van der Waals surface area contributed by atoms with Gasteiger partial charge in [-0.05, 0) is 22.9 Å². The van der Waals surface area contributed by atoms with Crippen molar-refractivity contribution in [3.05, 3.63) is 20.7 Å². The normalized spacial score (nSPS) is 12.8. The van der Waals surface area contributed by atoms with Gasteiger partial charge in [0.2, 0.25) is 5.88 Å². The molecule has 2 N–H and O–H groups in total. The molecular formula is C7H9BrN2O3. The molecule has 72 valence electrons. The Morgan fingerprint density at radius 1 is 1.69 bits per heavy atom. The third-order valence-electron chi connectivity index (χ3n) is 1.60. The van der Waals surface area contributed by atoms with Gasteiger partial charge in [-0.2, -0.15) is 4.98 Å². The van der Waals surface area contributed by atoms with Crippen molar-refractivity contribution in [2.45, 2.75) is 13.0 Å². The van der Waals surface area contributed by atoms with Crippen LogP contribution in [-0.4, -0.2) is 22.2 Å². The van der Waals surface area contributed by atoms with E-state index in [9.17, 15) is 9.90 Å². The standard InChI is InChI=1S/C7H9BrN2O3/c1-3(13-2)5-9-6(11)4(8)7(12)10-5/h3H,1-2H3,(H2,9,10,11,12). The molecule has 0 saturated heterocycles. The minimum atomic E-state index is -0.425. The maximum Gasteiger partial charge on any atom is 0.269 e. The number of rotatable bonds is 2. The highest BCUT2D eigenvalue weighted by Gasteiger charge is 2.11. The third-order valence-corrected chi connectivity index (χ3v) is 2.32. The van der Waals surface area contributed by atoms with Crippen LogP contribution in [0.2, 0.25) is 0 Å². The largest absolute Gasteiger partial charge is 0.492 e. The Kier molecular flexibility index (Phi) is 3.05. The van der Waals surface area contributed by atoms with E-state index >= 15 is 0 Å². The summed E-state index contributed by atoms with van der Waals surface area (Å²) in [6.45, 7) is 1.71. The van der Waals surface area contributed by atoms with Gasteiger partial charge in [-0.3, -0.25) is 4.79 Å². The van der Waals surface area contributed by atoms with Crippen LogP contribution < -0.4 is 5.56 Å². The molecule has 1 heterocycles. The second kappa shape index (κ2) is 3.89. The monoisotopic (exact) mass is 248 g/mol. The average molecular weight is 249 g/mol. The summed E-state index contributed by atoms with van der Waals surface area (Å²) in [5.41, 5.74) is -0.425. The summed E-state index contributed by atoms with van der Waals surface area (Å²) in [7, 11) is 1.49. The van der Waals surface area contributed by atoms with Gasteiger partial charge in [-0.1, -0.05) is 0 Å². The fraction of sp³-hybridized carbons (Fsp3) is 0.429. The van der Waals surface area contributed by atoms with E-state index in [-0.39, 0.29) is 16.5 Å². The highest BCUT2D eigenvalue weighted by atomic mass is 79.9. The van der Waals surface area contributed by atoms with Crippen molar-refractivity contribution in [2.24, 2.45) is 0 Å². The van der Waals surface area contributed by atoms with Crippen LogP contribution >= 0.6 is 15.9 Å². The number of hydrogen-bond donors (Lipinski definition) is 2. The molecule has 1 unspecified atom stereocenters. The summed E-state index contributed by atoms with van der Waals surface area (Å²) in [5.74, 6) is -0.0316. The van der Waals surface area contributed by atoms with E-state index < -0.39 is 5.56 Å². The third kappa shape index (κ3) is 2.07. The fourth-order valence-corrected chi connectivity index (χ4v) is 0.956. The van der Waals surface area contributed by atoms with Crippen molar-refractivity contribution in [1.82, 2.24) is 9.97 Å². The highest BCUT2D eigenvalue weighted by molar-refractivity contribution is 9.10. The Morgan fingerprint density at radius 2 is 2.31 bits per heavy atom. The van der Waals surface area contributed by atoms with Crippen LogP contribution in [0.5, 0.6) is 5.88 Å². The fourth-order valence-electron chi connectivity index (χ4n) is 0.768. The number of ether oxygens (including phenoxy) is 1. The number of halogens is 1. The first-order chi connectivity index (χ1) is 6.06. The quantitative estimate of drug-likeness (QED) is 0.818. The van der Waals surface area contributed by atoms with E-state index in [1.807, 2.05) is 0 Å². The van der Waals surface area contributed by atoms with Gasteiger partial charge in [-0.15, -0.1) is 0 Å². The van der Waals surface area contributed by atoms with Gasteiger partial charge in [0.15, 0.2) is 0 Å². The van der Waals surface area contributed by atoms with Crippen LogP contribution in [0, 0.1) is 0 Å². The van der Waals surface area contributed by atoms with Gasteiger partial charge >= 0.3 is 0 Å². The summed E-state index contributed by atoms with van der Waals surface area (Å²) in [5, 5.41) is 9.19. The van der Waals surface area contributed by atoms with Crippen LogP contribution in [0.4, 0.5) is 0 Å². The molecule has 0 bridgehead atoms. The second-order valence-corrected chi connectivity index (χ2v) is 3.26. The van der Waals surface area contributed by atoms with Crippen molar-refractivity contribution in [1.29, 1.82) is 0 Å². The Hall–Kier alpha value is -0.880. The maximum atomic E-state index is 11.1. The summed E-state index contributed by atoms with van der Waals surface area (Å²) >= 11 is 2.89. The van der Waals surface area contributed by atoms with Crippen molar-refractivity contribution in [3.8, 4) is 5.88 Å². The van der Waals surface area contributed by atoms with Gasteiger partial charge in [0.25, 0.3) is 5.56 Å². The van der Waals surface area contributed by atoms with Crippen molar-refractivity contribution in [2.75, 3.05) is 7.11 Å². The van der Waals surface area contributed by atoms with Gasteiger partial charge in [0.1, 0.15) is 16.4 Å². The molecule has 0 aliphatic heterocycles. The molecule has 0 amide bonds. The number of nitrogens with zero attached hydrogens (tertiary/aromatic N) is 1. The van der Waals surface area contributed by atoms with E-state index in [0.717, 1.165) is 0 Å². The molecule has 5 nitrogen and oxygen atoms in total. The Bertz CT molecular complexity index is 363. The first-order valence-electron chi connectivity index (χ1n) is 3.57. The van der Waals surface area contributed by atoms with Crippen LogP contribution in [0.3, 0.4) is 0 Å². The van der Waals surface area contributed by atoms with Crippen LogP contribution in [-0.2, 0) is 4.74 Å². The first kappa shape index (κ1) is 10.2. The van der Waals surface area contributed by atoms with Gasteiger partial charge < -0.3 is 14.8 Å². The zero-order chi connectivity index (χ0) is 10.0. The molecule has 6 heteroatoms. The number of aromatic hydroxyl groups is 1. The molecule has 0 fully saturated rings. The number of hydrogen-bond acceptors (Lipinski definition) is 4. The van der Waals surface area contributed by atoms with Crippen molar-refractivity contribution < 1.29 is 9.84 Å². The number of nitrogens with one attached hydrogen (secondary N) is 1. The maximum absolute atomic E-state index is 11.1. The average Bonchev–Trinajstić information content (AvgIpc) is 2.12. The first-order valence-corrected chi connectivity index (χ1v) is 4.37. The van der Waals surface area contributed by atoms with E-state index in [1.54, 1.807) is 6.92 Å². The van der Waals surface area contributed by atoms with Gasteiger partial charge in [0.05, 0.1) is 0 Å². The van der Waals surface area contributed by atoms with Gasteiger partial charge in [-0.25, -0.2) is 0 Å². The van der Waals surface area contributed by atoms with Crippen LogP contribution in [0.1, 0.15) is 18.9 Å². The zero-order valence-corrected chi connectivity index (χ0v) is 8.75.